The SMILES string of the molecule is CCOC(=O)CC1CCc2[nH]nc(C(F)(F)F)c21. The number of aromatic amines is 1. The molecule has 0 bridgehead atoms. The van der Waals surface area contributed by atoms with Gasteiger partial charge in [0.1, 0.15) is 0 Å². The summed E-state index contributed by atoms with van der Waals surface area (Å²) in [6.07, 6.45) is -3.50. The lowest BCUT2D eigenvalue weighted by Crippen LogP contribution is -2.13. The van der Waals surface area contributed by atoms with Crippen molar-refractivity contribution in [2.75, 3.05) is 6.61 Å². The average molecular weight is 262 g/mol. The van der Waals surface area contributed by atoms with Crippen molar-refractivity contribution in [3.05, 3.63) is 17.0 Å². The molecule has 0 spiro atoms. The molecule has 0 saturated carbocycles. The van der Waals surface area contributed by atoms with E-state index in [1.165, 1.54) is 0 Å². The number of carbonyl (C=O) groups is 1. The zero-order chi connectivity index (χ0) is 13.3. The van der Waals surface area contributed by atoms with Gasteiger partial charge in [-0.1, -0.05) is 0 Å². The van der Waals surface area contributed by atoms with E-state index in [9.17, 15) is 18.0 Å². The molecule has 0 radical (unpaired) electrons. The Kier molecular flexibility index (Phi) is 3.32. The van der Waals surface area contributed by atoms with Crippen LogP contribution in [0.5, 0.6) is 0 Å². The van der Waals surface area contributed by atoms with Crippen molar-refractivity contribution < 1.29 is 22.7 Å². The van der Waals surface area contributed by atoms with Gasteiger partial charge in [-0.15, -0.1) is 0 Å². The smallest absolute Gasteiger partial charge is 0.435 e. The molecule has 2 rings (SSSR count). The summed E-state index contributed by atoms with van der Waals surface area (Å²) >= 11 is 0. The van der Waals surface area contributed by atoms with Gasteiger partial charge in [-0.2, -0.15) is 18.3 Å². The maximum Gasteiger partial charge on any atom is 0.435 e. The molecule has 0 aromatic carbocycles. The third-order valence-corrected chi connectivity index (χ3v) is 3.02. The van der Waals surface area contributed by atoms with E-state index in [4.69, 9.17) is 4.74 Å². The van der Waals surface area contributed by atoms with Crippen LogP contribution in [0.25, 0.3) is 0 Å². The molecule has 0 fully saturated rings. The quantitative estimate of drug-likeness (QED) is 0.851. The Bertz CT molecular complexity index is 454. The number of ether oxygens (including phenoxy) is 1. The molecular formula is C11H13F3N2O2. The van der Waals surface area contributed by atoms with E-state index in [-0.39, 0.29) is 18.6 Å². The van der Waals surface area contributed by atoms with E-state index in [0.29, 0.717) is 18.5 Å². The summed E-state index contributed by atoms with van der Waals surface area (Å²) in [6, 6.07) is 0. The summed E-state index contributed by atoms with van der Waals surface area (Å²) in [7, 11) is 0. The summed E-state index contributed by atoms with van der Waals surface area (Å²) in [6.45, 7) is 1.90. The van der Waals surface area contributed by atoms with Crippen molar-refractivity contribution in [1.82, 2.24) is 10.2 Å². The number of nitrogens with zero attached hydrogens (tertiary/aromatic N) is 1. The van der Waals surface area contributed by atoms with Crippen molar-refractivity contribution in [3.63, 3.8) is 0 Å². The predicted octanol–water partition coefficient (Wildman–Crippen LogP) is 2.41. The lowest BCUT2D eigenvalue weighted by molar-refractivity contribution is -0.145. The van der Waals surface area contributed by atoms with Crippen molar-refractivity contribution in [2.45, 2.75) is 38.3 Å². The van der Waals surface area contributed by atoms with E-state index in [0.717, 1.165) is 0 Å². The molecule has 1 aliphatic carbocycles. The van der Waals surface area contributed by atoms with Crippen molar-refractivity contribution >= 4 is 5.97 Å². The number of H-pyrrole nitrogens is 1. The standard InChI is InChI=1S/C11H13F3N2O2/c1-2-18-8(17)5-6-3-4-7-9(6)10(16-15-7)11(12,13)14/h6H,2-5H2,1H3,(H,15,16). The second kappa shape index (κ2) is 4.62. The van der Waals surface area contributed by atoms with E-state index < -0.39 is 23.8 Å². The number of hydrogen-bond donors (Lipinski definition) is 1. The molecule has 1 aromatic rings. The van der Waals surface area contributed by atoms with Crippen LogP contribution in [-0.2, 0) is 22.1 Å². The van der Waals surface area contributed by atoms with Crippen LogP contribution in [-0.4, -0.2) is 22.8 Å². The van der Waals surface area contributed by atoms with Crippen LogP contribution in [0.15, 0.2) is 0 Å². The van der Waals surface area contributed by atoms with E-state index >= 15 is 0 Å². The summed E-state index contributed by atoms with van der Waals surface area (Å²) in [5.41, 5.74) is -0.281. The first-order valence-corrected chi connectivity index (χ1v) is 5.73. The summed E-state index contributed by atoms with van der Waals surface area (Å²) in [5.74, 6) is -0.918. The number of hydrogen-bond acceptors (Lipinski definition) is 3. The Labute approximate surface area is 102 Å². The lowest BCUT2D eigenvalue weighted by atomic mass is 9.97. The van der Waals surface area contributed by atoms with Gasteiger partial charge in [0.05, 0.1) is 13.0 Å². The van der Waals surface area contributed by atoms with E-state index in [1.54, 1.807) is 6.92 Å². The Hall–Kier alpha value is -1.53. The summed E-state index contributed by atoms with van der Waals surface area (Å²) < 4.78 is 43.0. The highest BCUT2D eigenvalue weighted by atomic mass is 19.4. The maximum atomic E-state index is 12.7. The minimum atomic E-state index is -4.48. The zero-order valence-corrected chi connectivity index (χ0v) is 9.80. The molecule has 1 atom stereocenters. The van der Waals surface area contributed by atoms with Gasteiger partial charge in [-0.05, 0) is 25.7 Å². The maximum absolute atomic E-state index is 12.7. The second-order valence-electron chi connectivity index (χ2n) is 4.21. The van der Waals surface area contributed by atoms with Crippen LogP contribution in [0.1, 0.15) is 42.6 Å². The van der Waals surface area contributed by atoms with Crippen LogP contribution < -0.4 is 0 Å². The predicted molar refractivity (Wildman–Crippen MR) is 55.9 cm³/mol. The molecule has 1 aliphatic rings. The van der Waals surface area contributed by atoms with Gasteiger partial charge in [-0.3, -0.25) is 9.89 Å². The monoisotopic (exact) mass is 262 g/mol. The third-order valence-electron chi connectivity index (χ3n) is 3.02. The van der Waals surface area contributed by atoms with Crippen LogP contribution in [0, 0.1) is 0 Å². The number of rotatable bonds is 3. The summed E-state index contributed by atoms with van der Waals surface area (Å²) in [5, 5.41) is 5.72. The van der Waals surface area contributed by atoms with E-state index in [1.807, 2.05) is 0 Å². The molecule has 1 aromatic heterocycles. The highest BCUT2D eigenvalue weighted by Crippen LogP contribution is 2.42. The van der Waals surface area contributed by atoms with E-state index in [2.05, 4.69) is 10.2 Å². The molecule has 0 amide bonds. The van der Waals surface area contributed by atoms with Gasteiger partial charge >= 0.3 is 12.1 Å². The molecule has 18 heavy (non-hydrogen) atoms. The minimum Gasteiger partial charge on any atom is -0.466 e. The number of aromatic nitrogens is 2. The molecular weight excluding hydrogens is 249 g/mol. The van der Waals surface area contributed by atoms with Gasteiger partial charge < -0.3 is 4.74 Å². The molecule has 1 N–H and O–H groups in total. The molecule has 1 heterocycles. The van der Waals surface area contributed by atoms with Crippen LogP contribution in [0.3, 0.4) is 0 Å². The third kappa shape index (κ3) is 2.34. The minimum absolute atomic E-state index is 0.0244. The fourth-order valence-electron chi connectivity index (χ4n) is 2.32. The molecule has 7 heteroatoms. The fraction of sp³-hybridized carbons (Fsp3) is 0.636. The van der Waals surface area contributed by atoms with Crippen LogP contribution in [0.4, 0.5) is 13.2 Å². The topological polar surface area (TPSA) is 55.0 Å². The van der Waals surface area contributed by atoms with Gasteiger partial charge in [0.2, 0.25) is 0 Å². The number of carbonyl (C=O) groups excluding carboxylic acids is 1. The first kappa shape index (κ1) is 12.9. The number of esters is 1. The van der Waals surface area contributed by atoms with Crippen molar-refractivity contribution in [2.24, 2.45) is 0 Å². The second-order valence-corrected chi connectivity index (χ2v) is 4.21. The fourth-order valence-corrected chi connectivity index (χ4v) is 2.32. The average Bonchev–Trinajstić information content (AvgIpc) is 2.80. The Morgan fingerprint density at radius 1 is 1.56 bits per heavy atom. The van der Waals surface area contributed by atoms with Gasteiger partial charge in [0, 0.05) is 11.3 Å². The lowest BCUT2D eigenvalue weighted by Gasteiger charge is -2.12. The van der Waals surface area contributed by atoms with Crippen LogP contribution >= 0.6 is 0 Å². The summed E-state index contributed by atoms with van der Waals surface area (Å²) in [4.78, 5) is 11.4. The number of halogens is 3. The number of aryl methyl sites for hydroxylation is 1. The highest BCUT2D eigenvalue weighted by Gasteiger charge is 2.42. The molecule has 1 unspecified atom stereocenters. The first-order chi connectivity index (χ1) is 8.43. The molecule has 0 saturated heterocycles. The molecule has 100 valence electrons. The van der Waals surface area contributed by atoms with Gasteiger partial charge in [-0.25, -0.2) is 0 Å². The van der Waals surface area contributed by atoms with Gasteiger partial charge in [0.25, 0.3) is 0 Å². The number of alkyl halides is 3. The van der Waals surface area contributed by atoms with Crippen LogP contribution in [0.2, 0.25) is 0 Å². The normalized spacial score (nSPS) is 18.8. The Morgan fingerprint density at radius 3 is 2.89 bits per heavy atom. The highest BCUT2D eigenvalue weighted by molar-refractivity contribution is 5.71. The first-order valence-electron chi connectivity index (χ1n) is 5.73. The molecule has 4 nitrogen and oxygen atoms in total. The van der Waals surface area contributed by atoms with Gasteiger partial charge in [0.15, 0.2) is 5.69 Å². The molecule has 0 aliphatic heterocycles. The van der Waals surface area contributed by atoms with Crippen molar-refractivity contribution in [1.29, 1.82) is 0 Å². The zero-order valence-electron chi connectivity index (χ0n) is 9.80. The number of fused-ring (bicyclic) bond motifs is 1. The Balaban J connectivity index is 2.21. The van der Waals surface area contributed by atoms with Crippen molar-refractivity contribution in [3.8, 4) is 0 Å². The largest absolute Gasteiger partial charge is 0.466 e. The number of nitrogens with one attached hydrogen (secondary N) is 1. The Morgan fingerprint density at radius 2 is 2.28 bits per heavy atom.